The third kappa shape index (κ3) is 2.33. The van der Waals surface area contributed by atoms with Gasteiger partial charge in [-0.25, -0.2) is 0 Å². The Labute approximate surface area is 126 Å². The second kappa shape index (κ2) is 4.66. The monoisotopic (exact) mass is 319 g/mol. The lowest BCUT2D eigenvalue weighted by atomic mass is 10.2. The van der Waals surface area contributed by atoms with E-state index >= 15 is 0 Å². The van der Waals surface area contributed by atoms with Gasteiger partial charge in [0.05, 0.1) is 11.7 Å². The van der Waals surface area contributed by atoms with Gasteiger partial charge in [-0.2, -0.15) is 22.8 Å². The van der Waals surface area contributed by atoms with Gasteiger partial charge in [0, 0.05) is 11.1 Å². The van der Waals surface area contributed by atoms with E-state index in [4.69, 9.17) is 0 Å². The van der Waals surface area contributed by atoms with Gasteiger partial charge in [0.2, 0.25) is 0 Å². The van der Waals surface area contributed by atoms with Gasteiger partial charge in [0.1, 0.15) is 0 Å². The van der Waals surface area contributed by atoms with Crippen molar-refractivity contribution in [3.8, 4) is 0 Å². The second-order valence-electron chi connectivity index (χ2n) is 4.81. The van der Waals surface area contributed by atoms with Crippen molar-refractivity contribution in [3.63, 3.8) is 0 Å². The molecule has 3 aromatic heterocycles. The summed E-state index contributed by atoms with van der Waals surface area (Å²) in [6.07, 6.45) is -2.97. The van der Waals surface area contributed by atoms with Crippen molar-refractivity contribution in [2.24, 2.45) is 0 Å². The SMILES string of the molecule is FC(F)(F)c1nnc2ccc(Nc3ccc4[nH]ncc4c3)nn12. The van der Waals surface area contributed by atoms with Crippen molar-refractivity contribution in [3.05, 3.63) is 42.4 Å². The van der Waals surface area contributed by atoms with E-state index in [1.54, 1.807) is 12.3 Å². The molecule has 23 heavy (non-hydrogen) atoms. The lowest BCUT2D eigenvalue weighted by Crippen LogP contribution is -2.13. The molecule has 116 valence electrons. The average molecular weight is 319 g/mol. The van der Waals surface area contributed by atoms with Crippen molar-refractivity contribution in [1.82, 2.24) is 30.0 Å². The van der Waals surface area contributed by atoms with E-state index in [1.165, 1.54) is 12.1 Å². The number of benzene rings is 1. The molecule has 0 saturated heterocycles. The van der Waals surface area contributed by atoms with Gasteiger partial charge in [0.15, 0.2) is 11.5 Å². The zero-order valence-electron chi connectivity index (χ0n) is 11.3. The van der Waals surface area contributed by atoms with Crippen molar-refractivity contribution in [1.29, 1.82) is 0 Å². The van der Waals surface area contributed by atoms with Crippen LogP contribution in [0.1, 0.15) is 5.82 Å². The van der Waals surface area contributed by atoms with Crippen LogP contribution in [0.5, 0.6) is 0 Å². The molecular weight excluding hydrogens is 311 g/mol. The third-order valence-electron chi connectivity index (χ3n) is 3.23. The summed E-state index contributed by atoms with van der Waals surface area (Å²) in [7, 11) is 0. The van der Waals surface area contributed by atoms with E-state index in [0.29, 0.717) is 10.2 Å². The number of halogens is 3. The molecule has 0 unspecified atom stereocenters. The number of aromatic nitrogens is 6. The number of nitrogens with zero attached hydrogens (tertiary/aromatic N) is 5. The molecule has 0 aliphatic carbocycles. The topological polar surface area (TPSA) is 83.8 Å². The molecule has 4 aromatic rings. The summed E-state index contributed by atoms with van der Waals surface area (Å²) in [4.78, 5) is 0. The van der Waals surface area contributed by atoms with Crippen molar-refractivity contribution in [2.45, 2.75) is 6.18 Å². The average Bonchev–Trinajstić information content (AvgIpc) is 3.11. The number of nitrogens with one attached hydrogen (secondary N) is 2. The Hall–Kier alpha value is -3.17. The molecule has 0 bridgehead atoms. The van der Waals surface area contributed by atoms with Gasteiger partial charge in [0.25, 0.3) is 5.82 Å². The Morgan fingerprint density at radius 2 is 1.96 bits per heavy atom. The molecular formula is C13H8F3N7. The molecule has 2 N–H and O–H groups in total. The number of anilines is 2. The van der Waals surface area contributed by atoms with Gasteiger partial charge < -0.3 is 5.32 Å². The molecule has 0 radical (unpaired) electrons. The molecule has 3 heterocycles. The fraction of sp³-hybridized carbons (Fsp3) is 0.0769. The summed E-state index contributed by atoms with van der Waals surface area (Å²) in [5.74, 6) is -0.924. The molecule has 0 amide bonds. The van der Waals surface area contributed by atoms with Crippen LogP contribution in [-0.4, -0.2) is 30.0 Å². The Bertz CT molecular complexity index is 1000. The van der Waals surface area contributed by atoms with Gasteiger partial charge in [-0.05, 0) is 30.3 Å². The smallest absolute Gasteiger partial charge is 0.339 e. The van der Waals surface area contributed by atoms with Crippen LogP contribution in [0, 0.1) is 0 Å². The van der Waals surface area contributed by atoms with Crippen LogP contribution in [0.2, 0.25) is 0 Å². The fourth-order valence-corrected chi connectivity index (χ4v) is 2.20. The van der Waals surface area contributed by atoms with Crippen molar-refractivity contribution in [2.75, 3.05) is 5.32 Å². The van der Waals surface area contributed by atoms with E-state index in [9.17, 15) is 13.2 Å². The zero-order valence-corrected chi connectivity index (χ0v) is 11.3. The van der Waals surface area contributed by atoms with Crippen LogP contribution in [0.3, 0.4) is 0 Å². The molecule has 7 nitrogen and oxygen atoms in total. The Kier molecular flexibility index (Phi) is 2.73. The quantitative estimate of drug-likeness (QED) is 0.593. The Morgan fingerprint density at radius 3 is 2.78 bits per heavy atom. The zero-order chi connectivity index (χ0) is 16.0. The van der Waals surface area contributed by atoms with Crippen molar-refractivity contribution >= 4 is 28.1 Å². The minimum Gasteiger partial charge on any atom is -0.339 e. The Morgan fingerprint density at radius 1 is 1.09 bits per heavy atom. The first-order valence-electron chi connectivity index (χ1n) is 6.50. The number of fused-ring (bicyclic) bond motifs is 2. The number of hydrogen-bond donors (Lipinski definition) is 2. The third-order valence-corrected chi connectivity index (χ3v) is 3.23. The standard InChI is InChI=1S/C13H8F3N7/c14-13(15,16)12-21-20-11-4-3-10(22-23(11)12)18-8-1-2-9-7(5-8)6-17-19-9/h1-6H,(H,17,19)(H,18,22). The van der Waals surface area contributed by atoms with Gasteiger partial charge >= 0.3 is 6.18 Å². The minimum atomic E-state index is -4.62. The Balaban J connectivity index is 1.73. The molecule has 0 aliphatic heterocycles. The van der Waals surface area contributed by atoms with E-state index in [2.05, 4.69) is 30.8 Å². The van der Waals surface area contributed by atoms with Crippen LogP contribution in [-0.2, 0) is 6.18 Å². The fourth-order valence-electron chi connectivity index (χ4n) is 2.20. The molecule has 0 spiro atoms. The first kappa shape index (κ1) is 13.5. The van der Waals surface area contributed by atoms with E-state index in [-0.39, 0.29) is 11.5 Å². The van der Waals surface area contributed by atoms with E-state index in [0.717, 1.165) is 10.9 Å². The summed E-state index contributed by atoms with van der Waals surface area (Å²) in [6, 6.07) is 8.32. The first-order chi connectivity index (χ1) is 11.0. The van der Waals surface area contributed by atoms with E-state index < -0.39 is 12.0 Å². The summed E-state index contributed by atoms with van der Waals surface area (Å²) >= 11 is 0. The summed E-state index contributed by atoms with van der Waals surface area (Å²) in [6.45, 7) is 0. The predicted octanol–water partition coefficient (Wildman–Crippen LogP) is 2.76. The highest BCUT2D eigenvalue weighted by Crippen LogP contribution is 2.28. The number of H-pyrrole nitrogens is 1. The lowest BCUT2D eigenvalue weighted by Gasteiger charge is -2.07. The summed E-state index contributed by atoms with van der Waals surface area (Å²) in [5, 5.41) is 21.0. The van der Waals surface area contributed by atoms with E-state index in [1.807, 2.05) is 12.1 Å². The summed E-state index contributed by atoms with van der Waals surface area (Å²) in [5.41, 5.74) is 1.55. The van der Waals surface area contributed by atoms with Crippen LogP contribution < -0.4 is 5.32 Å². The predicted molar refractivity (Wildman–Crippen MR) is 75.2 cm³/mol. The number of alkyl halides is 3. The maximum atomic E-state index is 12.9. The lowest BCUT2D eigenvalue weighted by molar-refractivity contribution is -0.146. The maximum Gasteiger partial charge on any atom is 0.453 e. The molecule has 4 rings (SSSR count). The molecule has 10 heteroatoms. The van der Waals surface area contributed by atoms with Crippen molar-refractivity contribution < 1.29 is 13.2 Å². The number of rotatable bonds is 2. The molecule has 0 saturated carbocycles. The largest absolute Gasteiger partial charge is 0.453 e. The summed E-state index contributed by atoms with van der Waals surface area (Å²) < 4.78 is 39.2. The van der Waals surface area contributed by atoms with Crippen LogP contribution >= 0.6 is 0 Å². The second-order valence-corrected chi connectivity index (χ2v) is 4.81. The van der Waals surface area contributed by atoms with Gasteiger partial charge in [-0.15, -0.1) is 15.3 Å². The number of aromatic amines is 1. The molecule has 0 fully saturated rings. The van der Waals surface area contributed by atoms with Gasteiger partial charge in [-0.3, -0.25) is 5.10 Å². The minimum absolute atomic E-state index is 0.0214. The highest BCUT2D eigenvalue weighted by molar-refractivity contribution is 5.82. The highest BCUT2D eigenvalue weighted by Gasteiger charge is 2.37. The molecule has 0 aliphatic rings. The molecule has 0 atom stereocenters. The van der Waals surface area contributed by atoms with Crippen LogP contribution in [0.15, 0.2) is 36.5 Å². The van der Waals surface area contributed by atoms with Crippen LogP contribution in [0.4, 0.5) is 24.7 Å². The highest BCUT2D eigenvalue weighted by atomic mass is 19.4. The normalized spacial score (nSPS) is 12.1. The molecule has 1 aromatic carbocycles. The number of hydrogen-bond acceptors (Lipinski definition) is 5. The first-order valence-corrected chi connectivity index (χ1v) is 6.50. The van der Waals surface area contributed by atoms with Crippen LogP contribution in [0.25, 0.3) is 16.6 Å². The maximum absolute atomic E-state index is 12.9. The van der Waals surface area contributed by atoms with Gasteiger partial charge in [-0.1, -0.05) is 0 Å².